The van der Waals surface area contributed by atoms with Crippen molar-refractivity contribution in [3.05, 3.63) is 35.4 Å². The van der Waals surface area contributed by atoms with Crippen LogP contribution in [0.3, 0.4) is 0 Å². The Hall–Kier alpha value is -1.73. The van der Waals surface area contributed by atoms with E-state index in [1.807, 2.05) is 0 Å². The molecule has 2 aliphatic heterocycles. The maximum absolute atomic E-state index is 14.5. The van der Waals surface area contributed by atoms with Crippen molar-refractivity contribution in [3.63, 3.8) is 0 Å². The summed E-state index contributed by atoms with van der Waals surface area (Å²) >= 11 is 0. The number of nitrogens with one attached hydrogen (secondary N) is 2. The molecule has 0 spiro atoms. The molecule has 4 rings (SSSR count). The lowest BCUT2D eigenvalue weighted by Gasteiger charge is -2.44. The molecule has 1 aliphatic carbocycles. The molecule has 5 nitrogen and oxygen atoms in total. The first-order valence-corrected chi connectivity index (χ1v) is 11.3. The van der Waals surface area contributed by atoms with Crippen molar-refractivity contribution in [2.45, 2.75) is 62.3 Å². The molecule has 30 heavy (non-hydrogen) atoms. The molecule has 2 amide bonds. The third-order valence-corrected chi connectivity index (χ3v) is 7.45. The molecule has 0 aromatic heterocycles. The topological polar surface area (TPSA) is 53.6 Å². The van der Waals surface area contributed by atoms with E-state index in [9.17, 15) is 13.6 Å². The first-order valence-electron chi connectivity index (χ1n) is 11.3. The van der Waals surface area contributed by atoms with Crippen LogP contribution in [-0.2, 0) is 10.2 Å². The minimum atomic E-state index is -0.824. The summed E-state index contributed by atoms with van der Waals surface area (Å²) in [4.78, 5) is 15.2. The summed E-state index contributed by atoms with van der Waals surface area (Å²) in [7, 11) is 0. The lowest BCUT2D eigenvalue weighted by molar-refractivity contribution is -0.0171. The normalized spacial score (nSPS) is 23.4. The van der Waals surface area contributed by atoms with Gasteiger partial charge in [0.25, 0.3) is 0 Å². The van der Waals surface area contributed by atoms with Crippen LogP contribution in [0.2, 0.25) is 0 Å². The van der Waals surface area contributed by atoms with E-state index in [2.05, 4.69) is 15.5 Å². The Kier molecular flexibility index (Phi) is 6.58. The number of likely N-dealkylation sites (tertiary alicyclic amines) is 1. The second-order valence-electron chi connectivity index (χ2n) is 9.16. The predicted molar refractivity (Wildman–Crippen MR) is 111 cm³/mol. The fourth-order valence-corrected chi connectivity index (χ4v) is 5.61. The number of urea groups is 1. The van der Waals surface area contributed by atoms with Crippen LogP contribution in [0, 0.1) is 11.6 Å². The van der Waals surface area contributed by atoms with Gasteiger partial charge in [-0.15, -0.1) is 0 Å². The van der Waals surface area contributed by atoms with Crippen molar-refractivity contribution in [2.75, 3.05) is 39.4 Å². The van der Waals surface area contributed by atoms with Crippen molar-refractivity contribution >= 4 is 6.03 Å². The van der Waals surface area contributed by atoms with Crippen molar-refractivity contribution in [2.24, 2.45) is 0 Å². The van der Waals surface area contributed by atoms with Gasteiger partial charge in [0.05, 0.1) is 0 Å². The number of benzene rings is 1. The molecule has 1 saturated carbocycles. The van der Waals surface area contributed by atoms with E-state index in [1.54, 1.807) is 12.1 Å². The van der Waals surface area contributed by atoms with Crippen molar-refractivity contribution in [3.8, 4) is 0 Å². The monoisotopic (exact) mass is 421 g/mol. The smallest absolute Gasteiger partial charge is 0.314 e. The highest BCUT2D eigenvalue weighted by molar-refractivity contribution is 5.74. The van der Waals surface area contributed by atoms with Gasteiger partial charge in [-0.1, -0.05) is 25.0 Å². The Morgan fingerprint density at radius 3 is 2.33 bits per heavy atom. The van der Waals surface area contributed by atoms with Gasteiger partial charge in [0.1, 0.15) is 0 Å². The molecular formula is C23H33F2N3O2. The zero-order valence-corrected chi connectivity index (χ0v) is 17.7. The van der Waals surface area contributed by atoms with Gasteiger partial charge >= 0.3 is 6.03 Å². The maximum atomic E-state index is 14.5. The zero-order chi connectivity index (χ0) is 21.0. The SMILES string of the molecule is O=C(NCC1(c2cccc(F)c2F)CCCC1)NCC1(N2CCCC2)CCOCC1. The molecule has 0 unspecified atom stereocenters. The zero-order valence-electron chi connectivity index (χ0n) is 17.7. The van der Waals surface area contributed by atoms with Gasteiger partial charge in [0.2, 0.25) is 0 Å². The lowest BCUT2D eigenvalue weighted by atomic mass is 9.78. The van der Waals surface area contributed by atoms with E-state index in [0.717, 1.165) is 70.9 Å². The molecule has 2 N–H and O–H groups in total. The summed E-state index contributed by atoms with van der Waals surface area (Å²) in [5.74, 6) is -1.60. The molecule has 1 aromatic rings. The molecule has 166 valence electrons. The van der Waals surface area contributed by atoms with Gasteiger partial charge in [-0.3, -0.25) is 4.90 Å². The molecule has 3 aliphatic rings. The Labute approximate surface area is 177 Å². The second kappa shape index (κ2) is 9.18. The summed E-state index contributed by atoms with van der Waals surface area (Å²) in [6.45, 7) is 4.50. The molecule has 7 heteroatoms. The predicted octanol–water partition coefficient (Wildman–Crippen LogP) is 3.72. The average molecular weight is 422 g/mol. The molecule has 1 aromatic carbocycles. The summed E-state index contributed by atoms with van der Waals surface area (Å²) in [5.41, 5.74) is -0.182. The highest BCUT2D eigenvalue weighted by Crippen LogP contribution is 2.42. The highest BCUT2D eigenvalue weighted by atomic mass is 19.2. The maximum Gasteiger partial charge on any atom is 0.314 e. The van der Waals surface area contributed by atoms with Crippen LogP contribution in [-0.4, -0.2) is 55.9 Å². The van der Waals surface area contributed by atoms with E-state index < -0.39 is 17.0 Å². The fraction of sp³-hybridized carbons (Fsp3) is 0.696. The summed E-state index contributed by atoms with van der Waals surface area (Å²) in [5, 5.41) is 6.04. The van der Waals surface area contributed by atoms with Crippen LogP contribution in [0.5, 0.6) is 0 Å². The minimum Gasteiger partial charge on any atom is -0.381 e. The number of carbonyl (C=O) groups excluding carboxylic acids is 1. The Balaban J connectivity index is 1.39. The molecule has 0 atom stereocenters. The van der Waals surface area contributed by atoms with Crippen LogP contribution < -0.4 is 10.6 Å². The molecule has 3 fully saturated rings. The molecular weight excluding hydrogens is 388 g/mol. The van der Waals surface area contributed by atoms with E-state index in [1.165, 1.54) is 12.8 Å². The fourth-order valence-electron chi connectivity index (χ4n) is 5.61. The number of amides is 2. The largest absolute Gasteiger partial charge is 0.381 e. The van der Waals surface area contributed by atoms with Crippen LogP contribution in [0.1, 0.15) is 56.9 Å². The van der Waals surface area contributed by atoms with Crippen LogP contribution in [0.25, 0.3) is 0 Å². The van der Waals surface area contributed by atoms with Gasteiger partial charge in [0, 0.05) is 37.3 Å². The van der Waals surface area contributed by atoms with E-state index in [4.69, 9.17) is 4.74 Å². The van der Waals surface area contributed by atoms with Crippen LogP contribution in [0.4, 0.5) is 13.6 Å². The van der Waals surface area contributed by atoms with E-state index in [-0.39, 0.29) is 11.6 Å². The average Bonchev–Trinajstić information content (AvgIpc) is 3.47. The Bertz CT molecular complexity index is 740. The molecule has 2 saturated heterocycles. The number of halogens is 2. The van der Waals surface area contributed by atoms with Crippen molar-refractivity contribution < 1.29 is 18.3 Å². The summed E-state index contributed by atoms with van der Waals surface area (Å²) in [6.07, 6.45) is 7.67. The van der Waals surface area contributed by atoms with Crippen molar-refractivity contribution in [1.29, 1.82) is 0 Å². The van der Waals surface area contributed by atoms with Gasteiger partial charge in [0.15, 0.2) is 11.6 Å². The number of rotatable bonds is 6. The van der Waals surface area contributed by atoms with Crippen LogP contribution >= 0.6 is 0 Å². The summed E-state index contributed by atoms with van der Waals surface area (Å²) < 4.78 is 33.9. The van der Waals surface area contributed by atoms with Crippen molar-refractivity contribution in [1.82, 2.24) is 15.5 Å². The third-order valence-electron chi connectivity index (χ3n) is 7.45. The molecule has 2 heterocycles. The quantitative estimate of drug-likeness (QED) is 0.736. The standard InChI is InChI=1S/C23H33F2N3O2/c24-19-7-5-6-18(20(19)25)22(8-1-2-9-22)16-26-21(29)27-17-23(10-14-30-15-11-23)28-12-3-4-13-28/h5-7H,1-4,8-17H2,(H2,26,27,29). The van der Waals surface area contributed by atoms with Crippen LogP contribution in [0.15, 0.2) is 18.2 Å². The number of nitrogens with zero attached hydrogens (tertiary/aromatic N) is 1. The third kappa shape index (κ3) is 4.33. The first kappa shape index (κ1) is 21.5. The lowest BCUT2D eigenvalue weighted by Crippen LogP contribution is -2.58. The number of carbonyl (C=O) groups is 1. The van der Waals surface area contributed by atoms with Gasteiger partial charge < -0.3 is 15.4 Å². The highest BCUT2D eigenvalue weighted by Gasteiger charge is 2.41. The molecule has 0 bridgehead atoms. The Morgan fingerprint density at radius 1 is 0.967 bits per heavy atom. The first-order chi connectivity index (χ1) is 14.5. The Morgan fingerprint density at radius 2 is 1.63 bits per heavy atom. The van der Waals surface area contributed by atoms with Gasteiger partial charge in [-0.2, -0.15) is 0 Å². The van der Waals surface area contributed by atoms with E-state index in [0.29, 0.717) is 18.7 Å². The van der Waals surface area contributed by atoms with Gasteiger partial charge in [-0.05, 0) is 63.2 Å². The molecule has 0 radical (unpaired) electrons. The van der Waals surface area contributed by atoms with E-state index >= 15 is 0 Å². The van der Waals surface area contributed by atoms with Gasteiger partial charge in [-0.25, -0.2) is 13.6 Å². The summed E-state index contributed by atoms with van der Waals surface area (Å²) in [6, 6.07) is 4.13. The number of hydrogen-bond donors (Lipinski definition) is 2. The second-order valence-corrected chi connectivity index (χ2v) is 9.16. The number of ether oxygens (including phenoxy) is 1. The number of hydrogen-bond acceptors (Lipinski definition) is 3. The minimum absolute atomic E-state index is 0.0359.